The van der Waals surface area contributed by atoms with E-state index in [-0.39, 0.29) is 18.1 Å². The lowest BCUT2D eigenvalue weighted by Gasteiger charge is -2.34. The standard InChI is InChI=1S/C20H23ClFN3O/c1-15-2-7-19(18(22)12-15)23-20(26)14-25-10-8-24(9-11-25)13-16-3-5-17(21)6-4-16/h2-7,12H,8-11,13-14H2,1H3,(H,23,26). The molecule has 6 heteroatoms. The predicted octanol–water partition coefficient (Wildman–Crippen LogP) is 3.54. The maximum atomic E-state index is 13.8. The molecule has 1 heterocycles. The van der Waals surface area contributed by atoms with Crippen molar-refractivity contribution in [3.63, 3.8) is 0 Å². The summed E-state index contributed by atoms with van der Waals surface area (Å²) in [5.74, 6) is -0.579. The molecule has 0 bridgehead atoms. The highest BCUT2D eigenvalue weighted by Crippen LogP contribution is 2.16. The Bertz CT molecular complexity index is 758. The fraction of sp³-hybridized carbons (Fsp3) is 0.350. The van der Waals surface area contributed by atoms with Crippen LogP contribution in [-0.2, 0) is 11.3 Å². The van der Waals surface area contributed by atoms with Gasteiger partial charge < -0.3 is 5.32 Å². The van der Waals surface area contributed by atoms with Crippen LogP contribution in [0.5, 0.6) is 0 Å². The molecule has 26 heavy (non-hydrogen) atoms. The third-order valence-corrected chi connectivity index (χ3v) is 4.80. The number of amides is 1. The van der Waals surface area contributed by atoms with Gasteiger partial charge in [0.1, 0.15) is 5.82 Å². The largest absolute Gasteiger partial charge is 0.322 e. The van der Waals surface area contributed by atoms with E-state index in [1.807, 2.05) is 31.2 Å². The Balaban J connectivity index is 1.44. The quantitative estimate of drug-likeness (QED) is 0.868. The topological polar surface area (TPSA) is 35.6 Å². The fourth-order valence-corrected chi connectivity index (χ4v) is 3.19. The van der Waals surface area contributed by atoms with E-state index in [2.05, 4.69) is 15.1 Å². The number of piperazine rings is 1. The zero-order valence-electron chi connectivity index (χ0n) is 14.8. The minimum absolute atomic E-state index is 0.182. The maximum absolute atomic E-state index is 13.8. The molecule has 0 spiro atoms. The van der Waals surface area contributed by atoms with Gasteiger partial charge in [-0.3, -0.25) is 14.6 Å². The van der Waals surface area contributed by atoms with Crippen LogP contribution in [0.4, 0.5) is 10.1 Å². The van der Waals surface area contributed by atoms with E-state index in [9.17, 15) is 9.18 Å². The van der Waals surface area contributed by atoms with Crippen LogP contribution in [0.1, 0.15) is 11.1 Å². The SMILES string of the molecule is Cc1ccc(NC(=O)CN2CCN(Cc3ccc(Cl)cc3)CC2)c(F)c1. The van der Waals surface area contributed by atoms with Gasteiger partial charge in [-0.25, -0.2) is 4.39 Å². The van der Waals surface area contributed by atoms with E-state index in [0.717, 1.165) is 43.3 Å². The summed E-state index contributed by atoms with van der Waals surface area (Å²) in [6.45, 7) is 6.41. The predicted molar refractivity (Wildman–Crippen MR) is 103 cm³/mol. The highest BCUT2D eigenvalue weighted by atomic mass is 35.5. The van der Waals surface area contributed by atoms with Gasteiger partial charge >= 0.3 is 0 Å². The molecule has 1 aliphatic heterocycles. The molecular weight excluding hydrogens is 353 g/mol. The Morgan fingerprint density at radius 1 is 1.08 bits per heavy atom. The molecule has 0 aliphatic carbocycles. The Morgan fingerprint density at radius 2 is 1.73 bits per heavy atom. The van der Waals surface area contributed by atoms with E-state index in [0.29, 0.717) is 0 Å². The minimum atomic E-state index is -0.397. The average Bonchev–Trinajstić information content (AvgIpc) is 2.61. The van der Waals surface area contributed by atoms with Gasteiger partial charge in [0, 0.05) is 37.7 Å². The Hall–Kier alpha value is -1.95. The van der Waals surface area contributed by atoms with Crippen LogP contribution in [0.25, 0.3) is 0 Å². The Morgan fingerprint density at radius 3 is 2.38 bits per heavy atom. The molecule has 2 aromatic carbocycles. The molecule has 1 N–H and O–H groups in total. The number of nitrogens with zero attached hydrogens (tertiary/aromatic N) is 2. The Labute approximate surface area is 158 Å². The number of nitrogens with one attached hydrogen (secondary N) is 1. The zero-order chi connectivity index (χ0) is 18.5. The van der Waals surface area contributed by atoms with Crippen LogP contribution in [0.3, 0.4) is 0 Å². The van der Waals surface area contributed by atoms with Crippen molar-refractivity contribution in [2.45, 2.75) is 13.5 Å². The minimum Gasteiger partial charge on any atom is -0.322 e. The molecule has 0 aromatic heterocycles. The first-order chi connectivity index (χ1) is 12.5. The number of benzene rings is 2. The van der Waals surface area contributed by atoms with Gasteiger partial charge in [0.2, 0.25) is 5.91 Å². The average molecular weight is 376 g/mol. The van der Waals surface area contributed by atoms with Crippen molar-refractivity contribution >= 4 is 23.2 Å². The van der Waals surface area contributed by atoms with Gasteiger partial charge in [-0.15, -0.1) is 0 Å². The summed E-state index contributed by atoms with van der Waals surface area (Å²) < 4.78 is 13.8. The van der Waals surface area contributed by atoms with Crippen molar-refractivity contribution in [2.75, 3.05) is 38.0 Å². The van der Waals surface area contributed by atoms with Crippen LogP contribution >= 0.6 is 11.6 Å². The third-order valence-electron chi connectivity index (χ3n) is 4.55. The summed E-state index contributed by atoms with van der Waals surface area (Å²) in [6, 6.07) is 12.7. The maximum Gasteiger partial charge on any atom is 0.238 e. The number of anilines is 1. The monoisotopic (exact) mass is 375 g/mol. The first-order valence-electron chi connectivity index (χ1n) is 8.75. The first-order valence-corrected chi connectivity index (χ1v) is 9.12. The van der Waals surface area contributed by atoms with E-state index in [1.165, 1.54) is 11.6 Å². The van der Waals surface area contributed by atoms with Crippen molar-refractivity contribution in [3.05, 3.63) is 64.4 Å². The van der Waals surface area contributed by atoms with Crippen LogP contribution in [-0.4, -0.2) is 48.4 Å². The lowest BCUT2D eigenvalue weighted by Crippen LogP contribution is -2.48. The molecule has 138 valence electrons. The second-order valence-electron chi connectivity index (χ2n) is 6.71. The molecular formula is C20H23ClFN3O. The van der Waals surface area contributed by atoms with Crippen LogP contribution in [0.2, 0.25) is 5.02 Å². The van der Waals surface area contributed by atoms with Gasteiger partial charge in [-0.1, -0.05) is 29.8 Å². The molecule has 0 unspecified atom stereocenters. The zero-order valence-corrected chi connectivity index (χ0v) is 15.6. The van der Waals surface area contributed by atoms with Crippen molar-refractivity contribution in [1.29, 1.82) is 0 Å². The third kappa shape index (κ3) is 5.27. The van der Waals surface area contributed by atoms with Gasteiger partial charge in [0.05, 0.1) is 12.2 Å². The summed E-state index contributed by atoms with van der Waals surface area (Å²) in [6.07, 6.45) is 0. The van der Waals surface area contributed by atoms with Crippen LogP contribution in [0.15, 0.2) is 42.5 Å². The van der Waals surface area contributed by atoms with E-state index in [4.69, 9.17) is 11.6 Å². The lowest BCUT2D eigenvalue weighted by atomic mass is 10.2. The van der Waals surface area contributed by atoms with Gasteiger partial charge in [-0.2, -0.15) is 0 Å². The number of halogens is 2. The number of carbonyl (C=O) groups is 1. The van der Waals surface area contributed by atoms with E-state index in [1.54, 1.807) is 12.1 Å². The molecule has 0 saturated carbocycles. The second-order valence-corrected chi connectivity index (χ2v) is 7.15. The first kappa shape index (κ1) is 18.8. The van der Waals surface area contributed by atoms with Crippen molar-refractivity contribution in [3.8, 4) is 0 Å². The highest BCUT2D eigenvalue weighted by molar-refractivity contribution is 6.30. The summed E-state index contributed by atoms with van der Waals surface area (Å²) in [7, 11) is 0. The van der Waals surface area contributed by atoms with Gasteiger partial charge in [0.15, 0.2) is 0 Å². The van der Waals surface area contributed by atoms with Crippen molar-refractivity contribution in [2.24, 2.45) is 0 Å². The van der Waals surface area contributed by atoms with E-state index >= 15 is 0 Å². The molecule has 0 radical (unpaired) electrons. The number of hydrogen-bond acceptors (Lipinski definition) is 3. The van der Waals surface area contributed by atoms with Gasteiger partial charge in [-0.05, 0) is 42.3 Å². The molecule has 1 fully saturated rings. The highest BCUT2D eigenvalue weighted by Gasteiger charge is 2.19. The van der Waals surface area contributed by atoms with Crippen LogP contribution in [0, 0.1) is 12.7 Å². The van der Waals surface area contributed by atoms with E-state index < -0.39 is 5.82 Å². The smallest absolute Gasteiger partial charge is 0.238 e. The molecule has 1 amide bonds. The molecule has 3 rings (SSSR count). The van der Waals surface area contributed by atoms with Gasteiger partial charge in [0.25, 0.3) is 0 Å². The number of hydrogen-bond donors (Lipinski definition) is 1. The summed E-state index contributed by atoms with van der Waals surface area (Å²) in [5, 5.41) is 3.40. The van der Waals surface area contributed by atoms with Crippen molar-refractivity contribution < 1.29 is 9.18 Å². The second kappa shape index (κ2) is 8.62. The number of carbonyl (C=O) groups excluding carboxylic acids is 1. The summed E-state index contributed by atoms with van der Waals surface area (Å²) >= 11 is 5.92. The van der Waals surface area contributed by atoms with Crippen molar-refractivity contribution in [1.82, 2.24) is 9.80 Å². The molecule has 0 atom stereocenters. The molecule has 2 aromatic rings. The summed E-state index contributed by atoms with van der Waals surface area (Å²) in [4.78, 5) is 16.6. The lowest BCUT2D eigenvalue weighted by molar-refractivity contribution is -0.117. The normalized spacial score (nSPS) is 15.8. The van der Waals surface area contributed by atoms with Crippen LogP contribution < -0.4 is 5.32 Å². The molecule has 1 saturated heterocycles. The number of aryl methyl sites for hydroxylation is 1. The summed E-state index contributed by atoms with van der Waals surface area (Å²) in [5.41, 5.74) is 2.30. The Kier molecular flexibility index (Phi) is 6.25. The molecule has 4 nitrogen and oxygen atoms in total. The fourth-order valence-electron chi connectivity index (χ4n) is 3.07. The molecule has 1 aliphatic rings. The number of rotatable bonds is 5.